The smallest absolute Gasteiger partial charge is 0.143 e. The molecule has 0 aliphatic heterocycles. The quantitative estimate of drug-likeness (QED) is 0.0619. The molecule has 0 saturated carbocycles. The zero-order chi connectivity index (χ0) is 31.8. The number of hydrogen-bond donors (Lipinski definition) is 3. The molecule has 0 aromatic carbocycles. The van der Waals surface area contributed by atoms with Crippen LogP contribution in [0.15, 0.2) is 43.6 Å². The van der Waals surface area contributed by atoms with Gasteiger partial charge in [0.2, 0.25) is 0 Å². The normalized spacial score (nSPS) is 10.8. The maximum atomic E-state index is 6.03. The summed E-state index contributed by atoms with van der Waals surface area (Å²) in [5, 5.41) is 4.02. The van der Waals surface area contributed by atoms with Gasteiger partial charge in [0, 0.05) is 22.2 Å². The predicted octanol–water partition coefficient (Wildman–Crippen LogP) is 8.16. The van der Waals surface area contributed by atoms with Gasteiger partial charge in [0.15, 0.2) is 0 Å². The molecule has 43 heavy (non-hydrogen) atoms. The summed E-state index contributed by atoms with van der Waals surface area (Å²) in [7, 11) is -2.48. The summed E-state index contributed by atoms with van der Waals surface area (Å²) in [6.45, 7) is 13.0. The number of aromatic amines is 3. The average Bonchev–Trinajstić information content (AvgIpc) is 3.68. The van der Waals surface area contributed by atoms with Crippen molar-refractivity contribution >= 4 is 107 Å². The molecule has 0 fully saturated rings. The minimum Gasteiger partial charge on any atom is -0.346 e. The number of terminal acetylenes is 1. The van der Waals surface area contributed by atoms with E-state index >= 15 is 0 Å². The van der Waals surface area contributed by atoms with Crippen molar-refractivity contribution in [2.75, 3.05) is 0 Å². The fourth-order valence-corrected chi connectivity index (χ4v) is 5.01. The van der Waals surface area contributed by atoms with E-state index in [2.05, 4.69) is 124 Å². The van der Waals surface area contributed by atoms with E-state index < -0.39 is 16.1 Å². The van der Waals surface area contributed by atoms with Crippen LogP contribution in [0.25, 0.3) is 33.1 Å². The molecule has 6 rings (SSSR count). The molecule has 6 heterocycles. The van der Waals surface area contributed by atoms with E-state index in [0.29, 0.717) is 15.5 Å². The molecule has 0 spiro atoms. The summed E-state index contributed by atoms with van der Waals surface area (Å²) in [6.07, 6.45) is 14.9. The number of halogens is 4. The van der Waals surface area contributed by atoms with Gasteiger partial charge in [-0.05, 0) is 28.7 Å². The van der Waals surface area contributed by atoms with Gasteiger partial charge >= 0.3 is 0 Å². The molecular weight excluding hydrogens is 752 g/mol. The van der Waals surface area contributed by atoms with Crippen molar-refractivity contribution in [1.29, 1.82) is 0 Å². The maximum Gasteiger partial charge on any atom is 0.143 e. The number of fused-ring (bicyclic) bond motifs is 3. The molecule has 0 aliphatic carbocycles. The molecule has 0 saturated heterocycles. The molecule has 222 valence electrons. The molecule has 0 atom stereocenters. The van der Waals surface area contributed by atoms with Gasteiger partial charge in [-0.25, -0.2) is 29.9 Å². The van der Waals surface area contributed by atoms with Crippen LogP contribution in [0.4, 0.5) is 0 Å². The van der Waals surface area contributed by atoms with E-state index in [0.717, 1.165) is 42.2 Å². The lowest BCUT2D eigenvalue weighted by atomic mass is 10.2. The summed E-state index contributed by atoms with van der Waals surface area (Å²) < 4.78 is 1.04. The highest BCUT2D eigenvalue weighted by Crippen LogP contribution is 2.24. The number of rotatable bonds is 0. The van der Waals surface area contributed by atoms with Gasteiger partial charge in [0.25, 0.3) is 0 Å². The number of nitrogens with one attached hydrogen (secondary N) is 3. The van der Waals surface area contributed by atoms with Crippen LogP contribution in [0, 0.1) is 27.0 Å². The first-order valence-corrected chi connectivity index (χ1v) is 22.0. The highest BCUT2D eigenvalue weighted by atomic mass is 127. The van der Waals surface area contributed by atoms with Crippen molar-refractivity contribution in [2.24, 2.45) is 0 Å². The Morgan fingerprint density at radius 1 is 0.698 bits per heavy atom. The van der Waals surface area contributed by atoms with E-state index in [1.807, 2.05) is 18.5 Å². The van der Waals surface area contributed by atoms with Crippen LogP contribution in [-0.2, 0) is 0 Å². The standard InChI is InChI=1S/C11H12ClN3Si.C6H3ClIN3.C6H4ClN3.C5H10Si/c1-16(2,3)5-4-8-6-13-11-9(8)10(12)14-7-15-11;7-5-4-3(8)1-9-6(4)11-2-10-5;7-5-4-1-2-8-6(4)10-3-9-5;1-5-6(2,3)4/h6-7H,1-3H3,(H,13,14,15);1-2H,(H,9,10,11);1-3H,(H,8,9,10);1H,2-4H3. The van der Waals surface area contributed by atoms with Gasteiger partial charge in [0.1, 0.15) is 67.5 Å². The number of aromatic nitrogens is 9. The first kappa shape index (κ1) is 34.5. The Kier molecular flexibility index (Phi) is 12.2. The Balaban J connectivity index is 0.000000166. The van der Waals surface area contributed by atoms with Gasteiger partial charge in [0.05, 0.1) is 21.7 Å². The van der Waals surface area contributed by atoms with Gasteiger partial charge in [-0.2, -0.15) is 0 Å². The molecule has 0 radical (unpaired) electrons. The van der Waals surface area contributed by atoms with E-state index in [1.54, 1.807) is 6.20 Å². The third-order valence-electron chi connectivity index (χ3n) is 5.11. The summed E-state index contributed by atoms with van der Waals surface area (Å²) in [6, 6.07) is 1.84. The Morgan fingerprint density at radius 3 is 1.74 bits per heavy atom. The summed E-state index contributed by atoms with van der Waals surface area (Å²) >= 11 is 19.8. The molecule has 6 aromatic rings. The molecule has 6 aromatic heterocycles. The first-order chi connectivity index (χ1) is 20.2. The van der Waals surface area contributed by atoms with Crippen LogP contribution in [0.3, 0.4) is 0 Å². The van der Waals surface area contributed by atoms with E-state index in [4.69, 9.17) is 41.2 Å². The molecule has 0 unspecified atom stereocenters. The van der Waals surface area contributed by atoms with Crippen LogP contribution in [0.5, 0.6) is 0 Å². The Labute approximate surface area is 280 Å². The average molecular weight is 781 g/mol. The molecule has 0 bridgehead atoms. The third-order valence-corrected chi connectivity index (χ3v) is 8.58. The second-order valence-corrected chi connectivity index (χ2v) is 22.7. The molecule has 15 heteroatoms. The fourth-order valence-electron chi connectivity index (χ4n) is 3.01. The molecule has 9 nitrogen and oxygen atoms in total. The second kappa shape index (κ2) is 15.1. The fraction of sp³-hybridized carbons (Fsp3) is 0.214. The van der Waals surface area contributed by atoms with Gasteiger partial charge in [-0.15, -0.1) is 17.5 Å². The molecule has 3 N–H and O–H groups in total. The lowest BCUT2D eigenvalue weighted by molar-refractivity contribution is 1.20. The topological polar surface area (TPSA) is 125 Å². The van der Waals surface area contributed by atoms with Crippen molar-refractivity contribution in [3.63, 3.8) is 0 Å². The van der Waals surface area contributed by atoms with E-state index in [1.165, 1.54) is 19.0 Å². The largest absolute Gasteiger partial charge is 0.346 e. The lowest BCUT2D eigenvalue weighted by Crippen LogP contribution is -2.16. The van der Waals surface area contributed by atoms with Crippen molar-refractivity contribution in [3.05, 3.63) is 68.2 Å². The van der Waals surface area contributed by atoms with Crippen molar-refractivity contribution in [3.8, 4) is 23.4 Å². The number of nitrogens with zero attached hydrogens (tertiary/aromatic N) is 6. The van der Waals surface area contributed by atoms with Crippen LogP contribution in [0.2, 0.25) is 54.7 Å². The maximum absolute atomic E-state index is 6.03. The van der Waals surface area contributed by atoms with Crippen LogP contribution in [-0.4, -0.2) is 61.0 Å². The molecule has 0 aliphatic rings. The van der Waals surface area contributed by atoms with Crippen LogP contribution < -0.4 is 0 Å². The minimum atomic E-state index is -1.38. The molecular formula is C28H29Cl3IN9Si2. The van der Waals surface area contributed by atoms with Crippen molar-refractivity contribution < 1.29 is 0 Å². The highest BCUT2D eigenvalue weighted by Gasteiger charge is 2.11. The monoisotopic (exact) mass is 779 g/mol. The van der Waals surface area contributed by atoms with Crippen LogP contribution in [0.1, 0.15) is 5.56 Å². The predicted molar refractivity (Wildman–Crippen MR) is 192 cm³/mol. The first-order valence-electron chi connectivity index (χ1n) is 12.8. The van der Waals surface area contributed by atoms with Gasteiger partial charge in [-0.1, -0.05) is 80.0 Å². The highest BCUT2D eigenvalue weighted by molar-refractivity contribution is 14.1. The SMILES string of the molecule is C#C[Si](C)(C)C.C[Si](C)(C)C#Cc1c[nH]c2ncnc(Cl)c12.Clc1ncnc2[nH]cc(I)c12.Clc1ncnc2[nH]ccc12. The lowest BCUT2D eigenvalue weighted by Gasteiger charge is -2.02. The van der Waals surface area contributed by atoms with Gasteiger partial charge < -0.3 is 15.0 Å². The number of H-pyrrole nitrogens is 3. The minimum absolute atomic E-state index is 0.450. The zero-order valence-electron chi connectivity index (χ0n) is 24.3. The Bertz CT molecular complexity index is 1940. The van der Waals surface area contributed by atoms with Crippen molar-refractivity contribution in [1.82, 2.24) is 44.9 Å². The Morgan fingerprint density at radius 2 is 1.21 bits per heavy atom. The summed E-state index contributed by atoms with van der Waals surface area (Å²) in [5.74, 6) is 3.16. The second-order valence-electron chi connectivity index (χ2n) is 10.9. The third kappa shape index (κ3) is 10.3. The van der Waals surface area contributed by atoms with Gasteiger partial charge in [-0.3, -0.25) is 0 Å². The Hall–Kier alpha value is -2.99. The van der Waals surface area contributed by atoms with E-state index in [-0.39, 0.29) is 0 Å². The number of hydrogen-bond acceptors (Lipinski definition) is 6. The summed E-state index contributed by atoms with van der Waals surface area (Å²) in [5.41, 5.74) is 9.22. The molecule has 0 amide bonds. The van der Waals surface area contributed by atoms with E-state index in [9.17, 15) is 0 Å². The summed E-state index contributed by atoms with van der Waals surface area (Å²) in [4.78, 5) is 32.7. The zero-order valence-corrected chi connectivity index (χ0v) is 30.7. The van der Waals surface area contributed by atoms with Crippen molar-refractivity contribution in [2.45, 2.75) is 39.3 Å². The van der Waals surface area contributed by atoms with Crippen LogP contribution >= 0.6 is 57.4 Å².